The fraction of sp³-hybridized carbons (Fsp3) is 0.200. The topological polar surface area (TPSA) is 54.0 Å². The predicted octanol–water partition coefficient (Wildman–Crippen LogP) is 3.27. The largest absolute Gasteiger partial charge is 0.373 e. The Labute approximate surface area is 123 Å². The monoisotopic (exact) mass is 289 g/mol. The number of amides is 1. The highest BCUT2D eigenvalue weighted by Gasteiger charge is 2.12. The summed E-state index contributed by atoms with van der Waals surface area (Å²) in [6.07, 6.45) is 1.55. The number of nitrogens with one attached hydrogen (secondary N) is 2. The van der Waals surface area contributed by atoms with Gasteiger partial charge in [-0.2, -0.15) is 0 Å². The Balaban J connectivity index is 2.06. The number of rotatable bonds is 4. The van der Waals surface area contributed by atoms with Gasteiger partial charge in [-0.05, 0) is 36.8 Å². The lowest BCUT2D eigenvalue weighted by Gasteiger charge is -2.14. The second-order valence-electron chi connectivity index (χ2n) is 4.43. The Bertz CT molecular complexity index is 598. The fourth-order valence-corrected chi connectivity index (χ4v) is 2.01. The van der Waals surface area contributed by atoms with Gasteiger partial charge >= 0.3 is 0 Å². The molecule has 1 amide bonds. The lowest BCUT2D eigenvalue weighted by Crippen LogP contribution is -2.26. The molecular formula is C15H16ClN3O. The van der Waals surface area contributed by atoms with E-state index in [4.69, 9.17) is 11.6 Å². The van der Waals surface area contributed by atoms with Crippen molar-refractivity contribution in [2.45, 2.75) is 13.0 Å². The smallest absolute Gasteiger partial charge is 0.253 e. The van der Waals surface area contributed by atoms with Crippen LogP contribution in [0.1, 0.15) is 28.9 Å². The summed E-state index contributed by atoms with van der Waals surface area (Å²) in [7, 11) is 1.78. The van der Waals surface area contributed by atoms with Crippen molar-refractivity contribution in [3.05, 3.63) is 58.7 Å². The summed E-state index contributed by atoms with van der Waals surface area (Å²) >= 11 is 5.95. The minimum absolute atomic E-state index is 0.120. The molecule has 1 aromatic carbocycles. The third-order valence-electron chi connectivity index (χ3n) is 2.98. The first-order chi connectivity index (χ1) is 9.60. The van der Waals surface area contributed by atoms with Gasteiger partial charge in [0.1, 0.15) is 5.82 Å². The molecule has 5 heteroatoms. The Kier molecular flexibility index (Phi) is 4.58. The Morgan fingerprint density at radius 1 is 1.30 bits per heavy atom. The van der Waals surface area contributed by atoms with E-state index in [1.165, 1.54) is 0 Å². The van der Waals surface area contributed by atoms with E-state index in [1.54, 1.807) is 31.4 Å². The molecule has 1 heterocycles. The van der Waals surface area contributed by atoms with Crippen molar-refractivity contribution in [1.29, 1.82) is 0 Å². The minimum atomic E-state index is -0.160. The van der Waals surface area contributed by atoms with E-state index in [0.29, 0.717) is 10.6 Å². The average Bonchev–Trinajstić information content (AvgIpc) is 2.47. The molecule has 0 saturated carbocycles. The highest BCUT2D eigenvalue weighted by Crippen LogP contribution is 2.17. The summed E-state index contributed by atoms with van der Waals surface area (Å²) in [5.41, 5.74) is 1.49. The Hall–Kier alpha value is -2.07. The summed E-state index contributed by atoms with van der Waals surface area (Å²) in [5, 5.41) is 6.48. The summed E-state index contributed by atoms with van der Waals surface area (Å²) in [6.45, 7) is 1.92. The van der Waals surface area contributed by atoms with E-state index in [2.05, 4.69) is 15.6 Å². The zero-order valence-electron chi connectivity index (χ0n) is 11.4. The number of hydrogen-bond donors (Lipinski definition) is 2. The molecule has 2 N–H and O–H groups in total. The van der Waals surface area contributed by atoms with E-state index in [9.17, 15) is 4.79 Å². The molecule has 104 valence electrons. The molecule has 0 radical (unpaired) electrons. The molecule has 0 saturated heterocycles. The van der Waals surface area contributed by atoms with Crippen LogP contribution in [0.2, 0.25) is 5.02 Å². The second-order valence-corrected chi connectivity index (χ2v) is 4.87. The lowest BCUT2D eigenvalue weighted by molar-refractivity contribution is 0.0939. The van der Waals surface area contributed by atoms with Crippen LogP contribution < -0.4 is 10.6 Å². The van der Waals surface area contributed by atoms with Crippen LogP contribution in [0.15, 0.2) is 42.6 Å². The molecule has 1 unspecified atom stereocenters. The molecular weight excluding hydrogens is 274 g/mol. The van der Waals surface area contributed by atoms with Crippen LogP contribution in [0.4, 0.5) is 5.82 Å². The lowest BCUT2D eigenvalue weighted by atomic mass is 10.1. The molecule has 1 aromatic heterocycles. The molecule has 4 nitrogen and oxygen atoms in total. The van der Waals surface area contributed by atoms with Crippen LogP contribution in [-0.2, 0) is 0 Å². The van der Waals surface area contributed by atoms with Gasteiger partial charge in [-0.1, -0.05) is 23.7 Å². The fourth-order valence-electron chi connectivity index (χ4n) is 1.82. The predicted molar refractivity (Wildman–Crippen MR) is 81.1 cm³/mol. The third kappa shape index (κ3) is 3.48. The normalized spacial score (nSPS) is 11.8. The van der Waals surface area contributed by atoms with Crippen molar-refractivity contribution in [3.63, 3.8) is 0 Å². The number of aromatic nitrogens is 1. The standard InChI is InChI=1S/C15H16ClN3O/c1-10(11-4-3-5-13(16)8-11)19-15(20)12-6-7-14(17-2)18-9-12/h3-10H,1-2H3,(H,17,18)(H,19,20). The van der Waals surface area contributed by atoms with E-state index >= 15 is 0 Å². The van der Waals surface area contributed by atoms with Crippen LogP contribution in [0.5, 0.6) is 0 Å². The Morgan fingerprint density at radius 3 is 2.70 bits per heavy atom. The number of halogens is 1. The van der Waals surface area contributed by atoms with Crippen LogP contribution >= 0.6 is 11.6 Å². The number of hydrogen-bond acceptors (Lipinski definition) is 3. The summed E-state index contributed by atoms with van der Waals surface area (Å²) in [6, 6.07) is 10.8. The molecule has 2 aromatic rings. The molecule has 0 fully saturated rings. The molecule has 0 aliphatic rings. The van der Waals surface area contributed by atoms with Gasteiger partial charge in [-0.25, -0.2) is 4.98 Å². The quantitative estimate of drug-likeness (QED) is 0.908. The molecule has 0 aliphatic carbocycles. The van der Waals surface area contributed by atoms with Gasteiger partial charge in [0.05, 0.1) is 11.6 Å². The minimum Gasteiger partial charge on any atom is -0.373 e. The van der Waals surface area contributed by atoms with Crippen LogP contribution in [0.25, 0.3) is 0 Å². The van der Waals surface area contributed by atoms with Crippen molar-refractivity contribution in [1.82, 2.24) is 10.3 Å². The van der Waals surface area contributed by atoms with Gasteiger partial charge in [-0.15, -0.1) is 0 Å². The van der Waals surface area contributed by atoms with Crippen LogP contribution in [-0.4, -0.2) is 17.9 Å². The van der Waals surface area contributed by atoms with Gasteiger partial charge in [0, 0.05) is 18.3 Å². The van der Waals surface area contributed by atoms with Crippen molar-refractivity contribution in [2.24, 2.45) is 0 Å². The van der Waals surface area contributed by atoms with E-state index in [1.807, 2.05) is 25.1 Å². The number of pyridine rings is 1. The highest BCUT2D eigenvalue weighted by molar-refractivity contribution is 6.30. The van der Waals surface area contributed by atoms with Gasteiger partial charge in [0.15, 0.2) is 0 Å². The highest BCUT2D eigenvalue weighted by atomic mass is 35.5. The van der Waals surface area contributed by atoms with Gasteiger partial charge in [-0.3, -0.25) is 4.79 Å². The van der Waals surface area contributed by atoms with Crippen LogP contribution in [0.3, 0.4) is 0 Å². The Morgan fingerprint density at radius 2 is 2.10 bits per heavy atom. The molecule has 20 heavy (non-hydrogen) atoms. The number of nitrogens with zero attached hydrogens (tertiary/aromatic N) is 1. The summed E-state index contributed by atoms with van der Waals surface area (Å²) < 4.78 is 0. The second kappa shape index (κ2) is 6.39. The zero-order chi connectivity index (χ0) is 14.5. The number of carbonyl (C=O) groups is 1. The third-order valence-corrected chi connectivity index (χ3v) is 3.21. The van der Waals surface area contributed by atoms with Crippen molar-refractivity contribution in [2.75, 3.05) is 12.4 Å². The maximum absolute atomic E-state index is 12.1. The van der Waals surface area contributed by atoms with Gasteiger partial charge < -0.3 is 10.6 Å². The number of carbonyl (C=O) groups excluding carboxylic acids is 1. The first-order valence-corrected chi connectivity index (χ1v) is 6.68. The van der Waals surface area contributed by atoms with Crippen molar-refractivity contribution >= 4 is 23.3 Å². The van der Waals surface area contributed by atoms with E-state index in [0.717, 1.165) is 11.4 Å². The maximum Gasteiger partial charge on any atom is 0.253 e. The zero-order valence-corrected chi connectivity index (χ0v) is 12.1. The molecule has 0 spiro atoms. The number of anilines is 1. The number of benzene rings is 1. The van der Waals surface area contributed by atoms with E-state index < -0.39 is 0 Å². The van der Waals surface area contributed by atoms with Crippen molar-refractivity contribution in [3.8, 4) is 0 Å². The van der Waals surface area contributed by atoms with E-state index in [-0.39, 0.29) is 11.9 Å². The van der Waals surface area contributed by atoms with Crippen LogP contribution in [0, 0.1) is 0 Å². The summed E-state index contributed by atoms with van der Waals surface area (Å²) in [4.78, 5) is 16.2. The van der Waals surface area contributed by atoms with Crippen molar-refractivity contribution < 1.29 is 4.79 Å². The molecule has 1 atom stereocenters. The maximum atomic E-state index is 12.1. The first kappa shape index (κ1) is 14.3. The first-order valence-electron chi connectivity index (χ1n) is 6.30. The molecule has 0 bridgehead atoms. The average molecular weight is 290 g/mol. The molecule has 2 rings (SSSR count). The summed E-state index contributed by atoms with van der Waals surface area (Å²) in [5.74, 6) is 0.567. The molecule has 0 aliphatic heterocycles. The van der Waals surface area contributed by atoms with Gasteiger partial charge in [0.25, 0.3) is 5.91 Å². The van der Waals surface area contributed by atoms with Gasteiger partial charge in [0.2, 0.25) is 0 Å². The SMILES string of the molecule is CNc1ccc(C(=O)NC(C)c2cccc(Cl)c2)cn1.